The summed E-state index contributed by atoms with van der Waals surface area (Å²) in [5, 5.41) is 25.4. The first-order valence-electron chi connectivity index (χ1n) is 6.85. The zero-order chi connectivity index (χ0) is 17.5. The molecule has 0 aliphatic rings. The van der Waals surface area contributed by atoms with Crippen molar-refractivity contribution in [1.82, 2.24) is 4.98 Å². The van der Waals surface area contributed by atoms with Crippen LogP contribution in [0.4, 0.5) is 17.2 Å². The molecule has 8 nitrogen and oxygen atoms in total. The lowest BCUT2D eigenvalue weighted by Gasteiger charge is -2.04. The molecule has 0 saturated carbocycles. The minimum Gasteiger partial charge on any atom is -0.383 e. The maximum absolute atomic E-state index is 12.1. The van der Waals surface area contributed by atoms with Crippen LogP contribution >= 0.6 is 0 Å². The number of carbonyl (C=O) groups excluding carboxylic acids is 1. The van der Waals surface area contributed by atoms with E-state index in [-0.39, 0.29) is 11.3 Å². The fourth-order valence-corrected chi connectivity index (χ4v) is 1.94. The predicted octanol–water partition coefficient (Wildman–Crippen LogP) is 2.58. The lowest BCUT2D eigenvalue weighted by Crippen LogP contribution is -2.14. The molecule has 2 N–H and O–H groups in total. The largest absolute Gasteiger partial charge is 0.383 e. The van der Waals surface area contributed by atoms with E-state index >= 15 is 0 Å². The molecule has 1 amide bonds. The van der Waals surface area contributed by atoms with Crippen LogP contribution in [0.3, 0.4) is 0 Å². The number of carbonyl (C=O) groups is 1. The summed E-state index contributed by atoms with van der Waals surface area (Å²) in [6.07, 6.45) is 2.79. The van der Waals surface area contributed by atoms with Crippen molar-refractivity contribution in [2.24, 2.45) is 0 Å². The third-order valence-corrected chi connectivity index (χ3v) is 3.07. The van der Waals surface area contributed by atoms with E-state index in [1.54, 1.807) is 37.4 Å². The highest BCUT2D eigenvalue weighted by molar-refractivity contribution is 6.09. The van der Waals surface area contributed by atoms with Gasteiger partial charge in [-0.15, -0.1) is 0 Å². The van der Waals surface area contributed by atoms with Crippen molar-refractivity contribution in [3.63, 3.8) is 0 Å². The van der Waals surface area contributed by atoms with Crippen LogP contribution in [0.5, 0.6) is 0 Å². The van der Waals surface area contributed by atoms with Crippen LogP contribution in [-0.2, 0) is 4.79 Å². The number of pyridine rings is 1. The van der Waals surface area contributed by atoms with Crippen LogP contribution < -0.4 is 10.6 Å². The normalized spacial score (nSPS) is 10.6. The Bertz CT molecular complexity index is 841. The number of nitro groups is 1. The van der Waals surface area contributed by atoms with E-state index in [1.807, 2.05) is 0 Å². The zero-order valence-corrected chi connectivity index (χ0v) is 12.7. The molecule has 0 fully saturated rings. The second-order valence-electron chi connectivity index (χ2n) is 4.62. The Kier molecular flexibility index (Phi) is 5.20. The van der Waals surface area contributed by atoms with Crippen molar-refractivity contribution >= 4 is 29.2 Å². The van der Waals surface area contributed by atoms with E-state index in [1.165, 1.54) is 24.4 Å². The lowest BCUT2D eigenvalue weighted by atomic mass is 10.1. The molecule has 0 aliphatic carbocycles. The topological polar surface area (TPSA) is 121 Å². The van der Waals surface area contributed by atoms with Gasteiger partial charge in [-0.1, -0.05) is 12.1 Å². The number of nitro benzene ring substituents is 1. The van der Waals surface area contributed by atoms with Gasteiger partial charge in [0, 0.05) is 19.3 Å². The number of hydrogen-bond donors (Lipinski definition) is 2. The van der Waals surface area contributed by atoms with Gasteiger partial charge in [-0.05, 0) is 29.8 Å². The molecule has 1 aromatic heterocycles. The highest BCUT2D eigenvalue weighted by Gasteiger charge is 2.15. The van der Waals surface area contributed by atoms with E-state index in [2.05, 4.69) is 15.6 Å². The van der Waals surface area contributed by atoms with Gasteiger partial charge in [-0.3, -0.25) is 14.9 Å². The van der Waals surface area contributed by atoms with E-state index in [9.17, 15) is 14.9 Å². The van der Waals surface area contributed by atoms with Gasteiger partial charge in [-0.2, -0.15) is 5.26 Å². The second-order valence-corrected chi connectivity index (χ2v) is 4.62. The SMILES string of the molecule is CNc1ccc(/C=C(\C#N)C(=O)Nc2ccccn2)cc1[N+](=O)[O-]. The van der Waals surface area contributed by atoms with Crippen LogP contribution in [0.15, 0.2) is 48.2 Å². The number of nitrogens with zero attached hydrogens (tertiary/aromatic N) is 3. The number of anilines is 2. The summed E-state index contributed by atoms with van der Waals surface area (Å²) in [6, 6.07) is 11.1. The number of amides is 1. The Morgan fingerprint density at radius 2 is 2.17 bits per heavy atom. The quantitative estimate of drug-likeness (QED) is 0.377. The Morgan fingerprint density at radius 3 is 2.75 bits per heavy atom. The van der Waals surface area contributed by atoms with E-state index in [0.717, 1.165) is 0 Å². The van der Waals surface area contributed by atoms with Crippen LogP contribution in [0.1, 0.15) is 5.56 Å². The molecule has 0 saturated heterocycles. The molecule has 0 unspecified atom stereocenters. The van der Waals surface area contributed by atoms with Crippen LogP contribution in [0.2, 0.25) is 0 Å². The Morgan fingerprint density at radius 1 is 1.38 bits per heavy atom. The third-order valence-electron chi connectivity index (χ3n) is 3.07. The summed E-state index contributed by atoms with van der Waals surface area (Å²) >= 11 is 0. The van der Waals surface area contributed by atoms with E-state index in [0.29, 0.717) is 17.1 Å². The highest BCUT2D eigenvalue weighted by atomic mass is 16.6. The molecule has 0 atom stereocenters. The fraction of sp³-hybridized carbons (Fsp3) is 0.0625. The molecule has 0 spiro atoms. The molecule has 0 radical (unpaired) electrons. The second kappa shape index (κ2) is 7.51. The van der Waals surface area contributed by atoms with Crippen LogP contribution in [0, 0.1) is 21.4 Å². The molecule has 2 rings (SSSR count). The highest BCUT2D eigenvalue weighted by Crippen LogP contribution is 2.26. The first-order chi connectivity index (χ1) is 11.5. The summed E-state index contributed by atoms with van der Waals surface area (Å²) < 4.78 is 0. The summed E-state index contributed by atoms with van der Waals surface area (Å²) in [5.74, 6) is -0.336. The van der Waals surface area contributed by atoms with Crippen LogP contribution in [-0.4, -0.2) is 22.9 Å². The summed E-state index contributed by atoms with van der Waals surface area (Å²) in [4.78, 5) is 26.6. The first-order valence-corrected chi connectivity index (χ1v) is 6.85. The molecule has 1 aromatic carbocycles. The molecular formula is C16H13N5O3. The minimum atomic E-state index is -0.642. The predicted molar refractivity (Wildman–Crippen MR) is 89.1 cm³/mol. The third kappa shape index (κ3) is 3.92. The number of nitrogens with one attached hydrogen (secondary N) is 2. The van der Waals surface area contributed by atoms with E-state index < -0.39 is 10.8 Å². The molecule has 0 aliphatic heterocycles. The molecular weight excluding hydrogens is 310 g/mol. The number of nitriles is 1. The molecule has 2 aromatic rings. The van der Waals surface area contributed by atoms with Gasteiger partial charge in [-0.25, -0.2) is 4.98 Å². The lowest BCUT2D eigenvalue weighted by molar-refractivity contribution is -0.384. The average molecular weight is 323 g/mol. The Hall–Kier alpha value is -3.73. The smallest absolute Gasteiger partial charge is 0.292 e. The average Bonchev–Trinajstić information content (AvgIpc) is 2.60. The molecule has 8 heteroatoms. The maximum atomic E-state index is 12.1. The monoisotopic (exact) mass is 323 g/mol. The minimum absolute atomic E-state index is 0.145. The maximum Gasteiger partial charge on any atom is 0.292 e. The van der Waals surface area contributed by atoms with Crippen molar-refractivity contribution in [2.75, 3.05) is 17.7 Å². The number of benzene rings is 1. The zero-order valence-electron chi connectivity index (χ0n) is 12.7. The Balaban J connectivity index is 2.30. The Labute approximate surface area is 137 Å². The van der Waals surface area contributed by atoms with Gasteiger partial charge in [0.15, 0.2) is 0 Å². The summed E-state index contributed by atoms with van der Waals surface area (Å²) in [7, 11) is 1.57. The van der Waals surface area contributed by atoms with Crippen molar-refractivity contribution < 1.29 is 9.72 Å². The first kappa shape index (κ1) is 16.6. The molecule has 1 heterocycles. The van der Waals surface area contributed by atoms with Crippen LogP contribution in [0.25, 0.3) is 6.08 Å². The summed E-state index contributed by atoms with van der Waals surface area (Å²) in [5.41, 5.74) is 0.378. The standard InChI is InChI=1S/C16H13N5O3/c1-18-13-6-5-11(9-14(13)21(23)24)8-12(10-17)16(22)20-15-4-2-3-7-19-15/h2-9,18H,1H3,(H,19,20,22)/b12-8+. The number of rotatable bonds is 5. The number of hydrogen-bond acceptors (Lipinski definition) is 6. The van der Waals surface area contributed by atoms with Crippen molar-refractivity contribution in [3.05, 3.63) is 63.8 Å². The van der Waals surface area contributed by atoms with Gasteiger partial charge in [0.1, 0.15) is 23.1 Å². The van der Waals surface area contributed by atoms with Gasteiger partial charge in [0.25, 0.3) is 11.6 Å². The van der Waals surface area contributed by atoms with E-state index in [4.69, 9.17) is 5.26 Å². The van der Waals surface area contributed by atoms with Gasteiger partial charge in [0.2, 0.25) is 0 Å². The van der Waals surface area contributed by atoms with Gasteiger partial charge < -0.3 is 10.6 Å². The number of aromatic nitrogens is 1. The fourth-order valence-electron chi connectivity index (χ4n) is 1.94. The van der Waals surface area contributed by atoms with Gasteiger partial charge >= 0.3 is 0 Å². The molecule has 0 bridgehead atoms. The molecule has 120 valence electrons. The summed E-state index contributed by atoms with van der Waals surface area (Å²) in [6.45, 7) is 0. The van der Waals surface area contributed by atoms with Crippen molar-refractivity contribution in [3.8, 4) is 6.07 Å². The van der Waals surface area contributed by atoms with Gasteiger partial charge in [0.05, 0.1) is 4.92 Å². The molecule has 24 heavy (non-hydrogen) atoms. The van der Waals surface area contributed by atoms with Crippen molar-refractivity contribution in [1.29, 1.82) is 5.26 Å². The van der Waals surface area contributed by atoms with Crippen molar-refractivity contribution in [2.45, 2.75) is 0 Å².